The van der Waals surface area contributed by atoms with Crippen molar-refractivity contribution >= 4 is 23.3 Å². The van der Waals surface area contributed by atoms with Crippen LogP contribution in [-0.4, -0.2) is 48.1 Å². The summed E-state index contributed by atoms with van der Waals surface area (Å²) in [5.41, 5.74) is 3.93. The zero-order valence-corrected chi connectivity index (χ0v) is 19.1. The molecule has 1 amide bonds. The largest absolute Gasteiger partial charge is 0.478 e. The van der Waals surface area contributed by atoms with Crippen LogP contribution in [-0.2, 0) is 4.79 Å². The Morgan fingerprint density at radius 3 is 1.94 bits per heavy atom. The number of piperazine rings is 1. The molecule has 0 atom stereocenters. The number of rotatable bonds is 7. The number of nitrogens with one attached hydrogen (secondary N) is 1. The molecule has 174 valence electrons. The zero-order valence-electron chi connectivity index (χ0n) is 19.1. The van der Waals surface area contributed by atoms with Crippen molar-refractivity contribution in [1.82, 2.24) is 4.90 Å². The van der Waals surface area contributed by atoms with E-state index in [1.54, 1.807) is 12.1 Å². The summed E-state index contributed by atoms with van der Waals surface area (Å²) in [6.45, 7) is 3.31. The van der Waals surface area contributed by atoms with Crippen LogP contribution in [0.4, 0.5) is 11.4 Å². The van der Waals surface area contributed by atoms with Crippen LogP contribution in [0.1, 0.15) is 40.4 Å². The van der Waals surface area contributed by atoms with E-state index in [1.165, 1.54) is 11.1 Å². The van der Waals surface area contributed by atoms with Crippen LogP contribution in [0.25, 0.3) is 0 Å². The average Bonchev–Trinajstić information content (AvgIpc) is 3.72. The molecule has 1 aliphatic carbocycles. The van der Waals surface area contributed by atoms with Gasteiger partial charge in [0.1, 0.15) is 0 Å². The topological polar surface area (TPSA) is 72.9 Å². The minimum Gasteiger partial charge on any atom is -0.478 e. The van der Waals surface area contributed by atoms with Gasteiger partial charge in [-0.1, -0.05) is 60.7 Å². The van der Waals surface area contributed by atoms with E-state index in [-0.39, 0.29) is 23.4 Å². The molecule has 2 fully saturated rings. The molecule has 1 saturated heterocycles. The fraction of sp³-hybridized carbons (Fsp3) is 0.286. The van der Waals surface area contributed by atoms with Gasteiger partial charge in [-0.2, -0.15) is 0 Å². The van der Waals surface area contributed by atoms with Crippen molar-refractivity contribution in [3.63, 3.8) is 0 Å². The van der Waals surface area contributed by atoms with Crippen molar-refractivity contribution < 1.29 is 14.7 Å². The first kappa shape index (κ1) is 22.2. The van der Waals surface area contributed by atoms with Crippen molar-refractivity contribution in [2.45, 2.75) is 18.9 Å². The Bertz CT molecular complexity index is 1110. The second kappa shape index (κ2) is 9.69. The number of hydrogen-bond donors (Lipinski definition) is 2. The summed E-state index contributed by atoms with van der Waals surface area (Å²) in [5.74, 6) is -1.09. The summed E-state index contributed by atoms with van der Waals surface area (Å²) >= 11 is 0. The van der Waals surface area contributed by atoms with E-state index in [0.717, 1.165) is 44.7 Å². The molecule has 3 aromatic carbocycles. The number of aromatic carboxylic acids is 1. The summed E-state index contributed by atoms with van der Waals surface area (Å²) in [7, 11) is 0. The van der Waals surface area contributed by atoms with E-state index in [1.807, 2.05) is 18.2 Å². The van der Waals surface area contributed by atoms with E-state index in [0.29, 0.717) is 5.69 Å². The van der Waals surface area contributed by atoms with Gasteiger partial charge in [0.2, 0.25) is 5.91 Å². The molecule has 6 heteroatoms. The monoisotopic (exact) mass is 455 g/mol. The van der Waals surface area contributed by atoms with Gasteiger partial charge in [0, 0.05) is 37.8 Å². The van der Waals surface area contributed by atoms with Crippen LogP contribution < -0.4 is 10.2 Å². The van der Waals surface area contributed by atoms with Gasteiger partial charge in [-0.25, -0.2) is 4.79 Å². The lowest BCUT2D eigenvalue weighted by Gasteiger charge is -2.40. The Balaban J connectivity index is 1.32. The van der Waals surface area contributed by atoms with Gasteiger partial charge in [0.25, 0.3) is 0 Å². The quantitative estimate of drug-likeness (QED) is 0.543. The molecule has 0 spiro atoms. The third kappa shape index (κ3) is 4.82. The summed E-state index contributed by atoms with van der Waals surface area (Å²) < 4.78 is 0. The predicted octanol–water partition coefficient (Wildman–Crippen LogP) is 4.64. The third-order valence-corrected chi connectivity index (χ3v) is 6.71. The van der Waals surface area contributed by atoms with E-state index in [9.17, 15) is 14.7 Å². The lowest BCUT2D eigenvalue weighted by molar-refractivity contribution is -0.117. The zero-order chi connectivity index (χ0) is 23.5. The first-order valence-electron chi connectivity index (χ1n) is 11.9. The summed E-state index contributed by atoms with van der Waals surface area (Å²) in [6, 6.07) is 26.6. The van der Waals surface area contributed by atoms with E-state index in [4.69, 9.17) is 0 Å². The number of carbonyl (C=O) groups is 2. The molecular weight excluding hydrogens is 426 g/mol. The molecule has 2 aliphatic rings. The lowest BCUT2D eigenvalue weighted by Crippen LogP contribution is -2.48. The van der Waals surface area contributed by atoms with Crippen molar-refractivity contribution in [3.8, 4) is 0 Å². The Labute approximate surface area is 199 Å². The maximum atomic E-state index is 12.2. The first-order valence-corrected chi connectivity index (χ1v) is 11.9. The van der Waals surface area contributed by atoms with Crippen LogP contribution in [0, 0.1) is 5.92 Å². The standard InChI is InChI=1S/C28H29N3O3/c32-27(22-11-12-22)29-25-14-13-23(19-24(25)28(33)34)30-15-17-31(18-16-30)26(20-7-3-1-4-8-20)21-9-5-2-6-10-21/h1-10,13-14,19,22,26H,11-12,15-18H2,(H,29,32)(H,33,34). The summed E-state index contributed by atoms with van der Waals surface area (Å²) in [5, 5.41) is 12.5. The molecule has 34 heavy (non-hydrogen) atoms. The molecule has 2 N–H and O–H groups in total. The van der Waals surface area contributed by atoms with Crippen molar-refractivity contribution in [2.75, 3.05) is 36.4 Å². The molecule has 0 radical (unpaired) electrons. The van der Waals surface area contributed by atoms with Crippen molar-refractivity contribution in [3.05, 3.63) is 95.6 Å². The fourth-order valence-electron chi connectivity index (χ4n) is 4.72. The summed E-state index contributed by atoms with van der Waals surface area (Å²) in [4.78, 5) is 28.8. The number of benzene rings is 3. The van der Waals surface area contributed by atoms with Gasteiger partial charge in [0.05, 0.1) is 17.3 Å². The highest BCUT2D eigenvalue weighted by atomic mass is 16.4. The normalized spacial score (nSPS) is 16.4. The maximum Gasteiger partial charge on any atom is 0.337 e. The fourth-order valence-corrected chi connectivity index (χ4v) is 4.72. The number of carbonyl (C=O) groups excluding carboxylic acids is 1. The highest BCUT2D eigenvalue weighted by Crippen LogP contribution is 2.33. The highest BCUT2D eigenvalue weighted by molar-refractivity contribution is 6.02. The van der Waals surface area contributed by atoms with Crippen LogP contribution in [0.15, 0.2) is 78.9 Å². The van der Waals surface area contributed by atoms with Crippen LogP contribution in [0.2, 0.25) is 0 Å². The van der Waals surface area contributed by atoms with Crippen molar-refractivity contribution in [2.24, 2.45) is 5.92 Å². The molecule has 5 rings (SSSR count). The summed E-state index contributed by atoms with van der Waals surface area (Å²) in [6.07, 6.45) is 1.76. The minimum absolute atomic E-state index is 0.0246. The van der Waals surface area contributed by atoms with Crippen LogP contribution in [0.3, 0.4) is 0 Å². The molecule has 1 aliphatic heterocycles. The minimum atomic E-state index is -1.03. The van der Waals surface area contributed by atoms with E-state index >= 15 is 0 Å². The van der Waals surface area contributed by atoms with E-state index in [2.05, 4.69) is 63.6 Å². The smallest absolute Gasteiger partial charge is 0.337 e. The Hall–Kier alpha value is -3.64. The van der Waals surface area contributed by atoms with Gasteiger partial charge in [-0.3, -0.25) is 9.69 Å². The second-order valence-corrected chi connectivity index (χ2v) is 9.05. The van der Waals surface area contributed by atoms with Gasteiger partial charge in [-0.15, -0.1) is 0 Å². The molecule has 0 unspecified atom stereocenters. The third-order valence-electron chi connectivity index (χ3n) is 6.71. The van der Waals surface area contributed by atoms with Crippen LogP contribution >= 0.6 is 0 Å². The Morgan fingerprint density at radius 1 is 0.824 bits per heavy atom. The van der Waals surface area contributed by atoms with Gasteiger partial charge < -0.3 is 15.3 Å². The first-order chi connectivity index (χ1) is 16.6. The second-order valence-electron chi connectivity index (χ2n) is 9.05. The number of carboxylic acids is 1. The number of amides is 1. The van der Waals surface area contributed by atoms with E-state index < -0.39 is 5.97 Å². The predicted molar refractivity (Wildman–Crippen MR) is 133 cm³/mol. The molecular formula is C28H29N3O3. The molecule has 6 nitrogen and oxygen atoms in total. The maximum absolute atomic E-state index is 12.2. The number of anilines is 2. The lowest BCUT2D eigenvalue weighted by atomic mass is 9.96. The average molecular weight is 456 g/mol. The molecule has 1 heterocycles. The molecule has 0 bridgehead atoms. The van der Waals surface area contributed by atoms with Gasteiger partial charge >= 0.3 is 5.97 Å². The molecule has 0 aromatic heterocycles. The Kier molecular flexibility index (Phi) is 6.32. The number of hydrogen-bond acceptors (Lipinski definition) is 4. The molecule has 3 aromatic rings. The van der Waals surface area contributed by atoms with Crippen LogP contribution in [0.5, 0.6) is 0 Å². The van der Waals surface area contributed by atoms with Gasteiger partial charge in [0.15, 0.2) is 0 Å². The molecule has 1 saturated carbocycles. The van der Waals surface area contributed by atoms with Crippen molar-refractivity contribution in [1.29, 1.82) is 0 Å². The number of carboxylic acid groups (broad SMARTS) is 1. The Morgan fingerprint density at radius 2 is 1.41 bits per heavy atom. The highest BCUT2D eigenvalue weighted by Gasteiger charge is 2.31. The SMILES string of the molecule is O=C(O)c1cc(N2CCN(C(c3ccccc3)c3ccccc3)CC2)ccc1NC(=O)C1CC1. The van der Waals surface area contributed by atoms with Gasteiger partial charge in [-0.05, 0) is 42.2 Å². The number of nitrogens with zero attached hydrogens (tertiary/aromatic N) is 2.